The maximum Gasteiger partial charge on any atom is 0.265 e. The van der Waals surface area contributed by atoms with E-state index in [9.17, 15) is 23.6 Å². The molecule has 2 fully saturated rings. The van der Waals surface area contributed by atoms with Gasteiger partial charge in [-0.3, -0.25) is 34.3 Å². The quantitative estimate of drug-likeness (QED) is 0.179. The molecular weight excluding hydrogens is 697 g/mol. The number of piperidine rings is 2. The first kappa shape index (κ1) is 33.6. The smallest absolute Gasteiger partial charge is 0.265 e. The lowest BCUT2D eigenvalue weighted by Crippen LogP contribution is -2.54. The molecule has 2 saturated heterocycles. The number of ether oxygens (including phenoxy) is 2. The molecule has 2 N–H and O–H groups in total. The SMILES string of the molecule is COc1cc2ncnc(Nc3ccc(Cl)c(Cl)c3F)c2cc1OC1CCN(Cc2cc(F)c3c(c2)C(=O)N(C2CCC(=O)NC2=O)C3=O)CC1. The molecule has 1 unspecified atom stereocenters. The van der Waals surface area contributed by atoms with Gasteiger partial charge in [0.1, 0.15) is 30.1 Å². The van der Waals surface area contributed by atoms with E-state index in [2.05, 4.69) is 25.5 Å². The Morgan fingerprint density at radius 1 is 0.980 bits per heavy atom. The van der Waals surface area contributed by atoms with Crippen molar-refractivity contribution in [1.29, 1.82) is 0 Å². The summed E-state index contributed by atoms with van der Waals surface area (Å²) in [4.78, 5) is 61.6. The van der Waals surface area contributed by atoms with Crippen molar-refractivity contribution in [3.63, 3.8) is 0 Å². The molecule has 3 aliphatic heterocycles. The van der Waals surface area contributed by atoms with Crippen molar-refractivity contribution in [2.24, 2.45) is 0 Å². The molecule has 0 saturated carbocycles. The second-order valence-electron chi connectivity index (χ2n) is 12.1. The van der Waals surface area contributed by atoms with Crippen LogP contribution in [0.5, 0.6) is 11.5 Å². The number of hydrogen-bond donors (Lipinski definition) is 2. The summed E-state index contributed by atoms with van der Waals surface area (Å²) in [7, 11) is 1.51. The van der Waals surface area contributed by atoms with Crippen LogP contribution in [0.3, 0.4) is 0 Å². The number of carbonyl (C=O) groups excluding carboxylic acids is 4. The van der Waals surface area contributed by atoms with Gasteiger partial charge in [-0.1, -0.05) is 23.2 Å². The maximum atomic E-state index is 15.3. The van der Waals surface area contributed by atoms with Crippen LogP contribution >= 0.6 is 23.2 Å². The molecule has 4 heterocycles. The van der Waals surface area contributed by atoms with Gasteiger partial charge in [-0.15, -0.1) is 0 Å². The fourth-order valence-electron chi connectivity index (χ4n) is 6.48. The highest BCUT2D eigenvalue weighted by Gasteiger charge is 2.46. The third-order valence-corrected chi connectivity index (χ3v) is 9.78. The van der Waals surface area contributed by atoms with E-state index in [-0.39, 0.29) is 45.8 Å². The summed E-state index contributed by atoms with van der Waals surface area (Å²) >= 11 is 11.9. The van der Waals surface area contributed by atoms with Crippen molar-refractivity contribution in [1.82, 2.24) is 25.1 Å². The van der Waals surface area contributed by atoms with Gasteiger partial charge < -0.3 is 14.8 Å². The van der Waals surface area contributed by atoms with Crippen LogP contribution < -0.4 is 20.1 Å². The van der Waals surface area contributed by atoms with Gasteiger partial charge in [0.05, 0.1) is 39.5 Å². The Hall–Kier alpha value is -4.92. The number of anilines is 2. The summed E-state index contributed by atoms with van der Waals surface area (Å²) in [6, 6.07) is 7.90. The minimum absolute atomic E-state index is 0.0166. The first-order chi connectivity index (χ1) is 24.0. The van der Waals surface area contributed by atoms with Gasteiger partial charge in [-0.2, -0.15) is 0 Å². The molecule has 7 rings (SSSR count). The molecule has 3 aromatic carbocycles. The van der Waals surface area contributed by atoms with E-state index in [4.69, 9.17) is 32.7 Å². The Bertz CT molecular complexity index is 2090. The standard InChI is InChI=1S/C34H28Cl2F2N6O6/c1-49-25-13-23-18(31(40-15-39-23)41-22-3-2-20(35)29(36)30(22)38)12-26(25)50-17-6-8-43(9-7-17)14-16-10-19-28(21(37)11-16)34(48)44(33(19)47)24-4-5-27(45)42-32(24)46/h2-3,10-13,15,17,24H,4-9,14H2,1H3,(H,39,40,41)(H,42,45,46). The predicted molar refractivity (Wildman–Crippen MR) is 178 cm³/mol. The predicted octanol–water partition coefficient (Wildman–Crippen LogP) is 5.41. The van der Waals surface area contributed by atoms with Crippen LogP contribution in [0.15, 0.2) is 42.7 Å². The fraction of sp³-hybridized carbons (Fsp3) is 0.294. The number of nitrogens with one attached hydrogen (secondary N) is 2. The van der Waals surface area contributed by atoms with Crippen molar-refractivity contribution >= 4 is 69.2 Å². The zero-order valence-electron chi connectivity index (χ0n) is 26.4. The Kier molecular flexibility index (Phi) is 9.01. The first-order valence-corrected chi connectivity index (χ1v) is 16.4. The van der Waals surface area contributed by atoms with Gasteiger partial charge in [-0.25, -0.2) is 18.7 Å². The van der Waals surface area contributed by atoms with Crippen molar-refractivity contribution in [2.75, 3.05) is 25.5 Å². The van der Waals surface area contributed by atoms with Gasteiger partial charge in [0.15, 0.2) is 17.3 Å². The molecular formula is C34H28Cl2F2N6O6. The summed E-state index contributed by atoms with van der Waals surface area (Å²) in [5.41, 5.74) is 0.642. The van der Waals surface area contributed by atoms with Crippen LogP contribution in [0.4, 0.5) is 20.3 Å². The van der Waals surface area contributed by atoms with E-state index in [1.807, 2.05) is 0 Å². The second kappa shape index (κ2) is 13.4. The molecule has 4 amide bonds. The Balaban J connectivity index is 1.03. The Morgan fingerprint density at radius 3 is 2.50 bits per heavy atom. The zero-order valence-corrected chi connectivity index (χ0v) is 27.9. The number of amides is 4. The summed E-state index contributed by atoms with van der Waals surface area (Å²) in [6.07, 6.45) is 2.31. The molecule has 12 nitrogen and oxygen atoms in total. The molecule has 3 aliphatic rings. The molecule has 4 aromatic rings. The molecule has 0 bridgehead atoms. The third-order valence-electron chi connectivity index (χ3n) is 9.00. The molecule has 50 heavy (non-hydrogen) atoms. The van der Waals surface area contributed by atoms with E-state index in [0.29, 0.717) is 66.3 Å². The van der Waals surface area contributed by atoms with Gasteiger partial charge in [0, 0.05) is 37.5 Å². The fourth-order valence-corrected chi connectivity index (χ4v) is 6.79. The lowest BCUT2D eigenvalue weighted by molar-refractivity contribution is -0.136. The maximum absolute atomic E-state index is 15.3. The number of halogens is 4. The zero-order chi connectivity index (χ0) is 35.3. The van der Waals surface area contributed by atoms with E-state index in [0.717, 1.165) is 4.90 Å². The van der Waals surface area contributed by atoms with Gasteiger partial charge >= 0.3 is 0 Å². The van der Waals surface area contributed by atoms with E-state index >= 15 is 4.39 Å². The number of nitrogens with zero attached hydrogens (tertiary/aromatic N) is 4. The number of aromatic nitrogens is 2. The molecule has 1 aromatic heterocycles. The van der Waals surface area contributed by atoms with Gasteiger partial charge in [-0.05, 0) is 55.2 Å². The minimum atomic E-state index is -1.18. The number of likely N-dealkylation sites (tertiary alicyclic amines) is 1. The van der Waals surface area contributed by atoms with Crippen LogP contribution in [-0.2, 0) is 16.1 Å². The van der Waals surface area contributed by atoms with Crippen LogP contribution in [-0.4, -0.2) is 75.7 Å². The number of methoxy groups -OCH3 is 1. The summed E-state index contributed by atoms with van der Waals surface area (Å²) in [5.74, 6) is -3.25. The second-order valence-corrected chi connectivity index (χ2v) is 12.9. The molecule has 16 heteroatoms. The van der Waals surface area contributed by atoms with Crippen molar-refractivity contribution in [3.8, 4) is 11.5 Å². The van der Waals surface area contributed by atoms with Crippen LogP contribution in [0.25, 0.3) is 10.9 Å². The molecule has 1 atom stereocenters. The average Bonchev–Trinajstić information content (AvgIpc) is 3.34. The van der Waals surface area contributed by atoms with Crippen molar-refractivity contribution in [2.45, 2.75) is 44.4 Å². The minimum Gasteiger partial charge on any atom is -0.493 e. The van der Waals surface area contributed by atoms with Crippen LogP contribution in [0, 0.1) is 11.6 Å². The highest BCUT2D eigenvalue weighted by Crippen LogP contribution is 2.38. The monoisotopic (exact) mass is 724 g/mol. The van der Waals surface area contributed by atoms with E-state index < -0.39 is 41.3 Å². The molecule has 258 valence electrons. The van der Waals surface area contributed by atoms with Gasteiger partial charge in [0.2, 0.25) is 11.8 Å². The van der Waals surface area contributed by atoms with E-state index in [1.165, 1.54) is 37.7 Å². The highest BCUT2D eigenvalue weighted by atomic mass is 35.5. The number of hydrogen-bond acceptors (Lipinski definition) is 10. The Labute approximate surface area is 293 Å². The first-order valence-electron chi connectivity index (χ1n) is 15.7. The lowest BCUT2D eigenvalue weighted by atomic mass is 10.0. The average molecular weight is 726 g/mol. The highest BCUT2D eigenvalue weighted by molar-refractivity contribution is 6.42. The topological polar surface area (TPSA) is 143 Å². The van der Waals surface area contributed by atoms with Crippen molar-refractivity contribution in [3.05, 3.63) is 81.1 Å². The summed E-state index contributed by atoms with van der Waals surface area (Å²) < 4.78 is 42.0. The number of imide groups is 2. The number of rotatable bonds is 8. The summed E-state index contributed by atoms with van der Waals surface area (Å²) in [6.45, 7) is 1.48. The normalized spacial score (nSPS) is 18.4. The Morgan fingerprint density at radius 2 is 1.76 bits per heavy atom. The van der Waals surface area contributed by atoms with Gasteiger partial charge in [0.25, 0.3) is 11.8 Å². The summed E-state index contributed by atoms with van der Waals surface area (Å²) in [5, 5.41) is 5.51. The molecule has 0 aliphatic carbocycles. The van der Waals surface area contributed by atoms with Crippen molar-refractivity contribution < 1.29 is 37.4 Å². The van der Waals surface area contributed by atoms with Crippen LogP contribution in [0.1, 0.15) is 52.0 Å². The molecule has 0 spiro atoms. The molecule has 0 radical (unpaired) electrons. The largest absolute Gasteiger partial charge is 0.493 e. The lowest BCUT2D eigenvalue weighted by Gasteiger charge is -2.32. The van der Waals surface area contributed by atoms with Crippen LogP contribution in [0.2, 0.25) is 10.0 Å². The van der Waals surface area contributed by atoms with E-state index in [1.54, 1.807) is 12.1 Å². The third kappa shape index (κ3) is 6.18. The number of benzene rings is 3. The number of carbonyl (C=O) groups is 4. The number of fused-ring (bicyclic) bond motifs is 2.